The highest BCUT2D eigenvalue weighted by Crippen LogP contribution is 2.52. The van der Waals surface area contributed by atoms with Crippen molar-refractivity contribution in [1.29, 1.82) is 0 Å². The van der Waals surface area contributed by atoms with Crippen molar-refractivity contribution in [3.8, 4) is 0 Å². The fraction of sp³-hybridized carbons (Fsp3) is 0.667. The lowest BCUT2D eigenvalue weighted by molar-refractivity contribution is 0.0336. The van der Waals surface area contributed by atoms with Crippen molar-refractivity contribution in [1.82, 2.24) is 0 Å². The summed E-state index contributed by atoms with van der Waals surface area (Å²) in [6.45, 7) is 1.97. The molecule has 3 aliphatic rings. The first-order chi connectivity index (χ1) is 5.70. The average molecular weight is 166 g/mol. The third kappa shape index (κ3) is 0.531. The van der Waals surface area contributed by atoms with Crippen LogP contribution in [0.2, 0.25) is 0 Å². The molecule has 1 saturated carbocycles. The zero-order chi connectivity index (χ0) is 8.34. The van der Waals surface area contributed by atoms with Gasteiger partial charge in [0.2, 0.25) is 0 Å². The van der Waals surface area contributed by atoms with Crippen LogP contribution in [-0.2, 0) is 9.47 Å². The van der Waals surface area contributed by atoms with E-state index in [4.69, 9.17) is 9.47 Å². The van der Waals surface area contributed by atoms with Gasteiger partial charge in [-0.1, -0.05) is 12.2 Å². The van der Waals surface area contributed by atoms with E-state index in [0.717, 1.165) is 6.42 Å². The van der Waals surface area contributed by atoms with Crippen molar-refractivity contribution in [3.05, 3.63) is 12.2 Å². The lowest BCUT2D eigenvalue weighted by Gasteiger charge is -2.27. The summed E-state index contributed by atoms with van der Waals surface area (Å²) in [7, 11) is 0. The molecule has 2 fully saturated rings. The fourth-order valence-corrected chi connectivity index (χ4v) is 2.66. The molecule has 0 aromatic heterocycles. The third-order valence-electron chi connectivity index (χ3n) is 3.33. The molecule has 1 aliphatic heterocycles. The molecule has 0 spiro atoms. The fourth-order valence-electron chi connectivity index (χ4n) is 2.66. The van der Waals surface area contributed by atoms with Crippen molar-refractivity contribution in [3.63, 3.8) is 0 Å². The Morgan fingerprint density at radius 3 is 3.17 bits per heavy atom. The summed E-state index contributed by atoms with van der Waals surface area (Å²) in [4.78, 5) is 10.9. The molecule has 0 radical (unpaired) electrons. The number of carbonyl (C=O) groups is 1. The van der Waals surface area contributed by atoms with Gasteiger partial charge in [-0.3, -0.25) is 0 Å². The van der Waals surface area contributed by atoms with Gasteiger partial charge in [0, 0.05) is 11.8 Å². The molecule has 0 aromatic carbocycles. The van der Waals surface area contributed by atoms with E-state index in [2.05, 4.69) is 12.2 Å². The van der Waals surface area contributed by atoms with Gasteiger partial charge in [-0.05, 0) is 13.3 Å². The van der Waals surface area contributed by atoms with Gasteiger partial charge in [-0.25, -0.2) is 4.79 Å². The first kappa shape index (κ1) is 6.52. The van der Waals surface area contributed by atoms with Crippen molar-refractivity contribution < 1.29 is 14.3 Å². The number of hydrogen-bond donors (Lipinski definition) is 0. The average Bonchev–Trinajstić information content (AvgIpc) is 2.57. The molecule has 12 heavy (non-hydrogen) atoms. The van der Waals surface area contributed by atoms with E-state index in [1.165, 1.54) is 0 Å². The standard InChI is InChI=1S/C9H10O3/c1-9-6-3-2-5(4-6)7(9)11-8(10)12-9/h2-3,5-7H,4H2,1H3/t5-,6+,7+,9-/m1/s1. The van der Waals surface area contributed by atoms with Crippen LogP contribution in [0, 0.1) is 11.8 Å². The Balaban J connectivity index is 2.06. The lowest BCUT2D eigenvalue weighted by Crippen LogP contribution is -2.40. The number of carbonyl (C=O) groups excluding carboxylic acids is 1. The zero-order valence-electron chi connectivity index (χ0n) is 6.82. The Morgan fingerprint density at radius 1 is 1.58 bits per heavy atom. The van der Waals surface area contributed by atoms with Crippen LogP contribution >= 0.6 is 0 Å². The van der Waals surface area contributed by atoms with Gasteiger partial charge in [0.1, 0.15) is 0 Å². The third-order valence-corrected chi connectivity index (χ3v) is 3.33. The van der Waals surface area contributed by atoms with Crippen molar-refractivity contribution in [2.45, 2.75) is 25.0 Å². The van der Waals surface area contributed by atoms with Gasteiger partial charge < -0.3 is 9.47 Å². The summed E-state index contributed by atoms with van der Waals surface area (Å²) >= 11 is 0. The SMILES string of the molecule is C[C@]12OC(=O)O[C@H]1[C@@H]1C=C[C@H]2C1. The maximum atomic E-state index is 10.9. The van der Waals surface area contributed by atoms with Gasteiger partial charge in [-0.2, -0.15) is 0 Å². The Kier molecular flexibility index (Phi) is 0.911. The second kappa shape index (κ2) is 1.68. The number of ether oxygens (including phenoxy) is 2. The van der Waals surface area contributed by atoms with Crippen LogP contribution in [0.4, 0.5) is 4.79 Å². The Labute approximate surface area is 70.3 Å². The maximum Gasteiger partial charge on any atom is 0.509 e. The summed E-state index contributed by atoms with van der Waals surface area (Å²) in [5, 5.41) is 0. The van der Waals surface area contributed by atoms with E-state index < -0.39 is 6.16 Å². The minimum absolute atomic E-state index is 0.0278. The molecule has 0 N–H and O–H groups in total. The maximum absolute atomic E-state index is 10.9. The molecule has 1 saturated heterocycles. The second-order valence-corrected chi connectivity index (χ2v) is 3.97. The molecule has 2 bridgehead atoms. The minimum atomic E-state index is -0.499. The Morgan fingerprint density at radius 2 is 2.42 bits per heavy atom. The highest BCUT2D eigenvalue weighted by molar-refractivity contribution is 5.64. The normalized spacial score (nSPS) is 53.8. The second-order valence-electron chi connectivity index (χ2n) is 3.97. The highest BCUT2D eigenvalue weighted by Gasteiger charge is 2.62. The summed E-state index contributed by atoms with van der Waals surface area (Å²) < 4.78 is 10.3. The van der Waals surface area contributed by atoms with Gasteiger partial charge in [0.25, 0.3) is 0 Å². The molecule has 0 aromatic rings. The summed E-state index contributed by atoms with van der Waals surface area (Å²) in [5.74, 6) is 0.769. The van der Waals surface area contributed by atoms with Gasteiger partial charge >= 0.3 is 6.16 Å². The quantitative estimate of drug-likeness (QED) is 0.404. The van der Waals surface area contributed by atoms with E-state index in [0.29, 0.717) is 11.8 Å². The number of fused-ring (bicyclic) bond motifs is 5. The molecular weight excluding hydrogens is 156 g/mol. The number of hydrogen-bond acceptors (Lipinski definition) is 3. The predicted octanol–water partition coefficient (Wildman–Crippen LogP) is 1.49. The first-order valence-electron chi connectivity index (χ1n) is 4.28. The van der Waals surface area contributed by atoms with Crippen molar-refractivity contribution in [2.75, 3.05) is 0 Å². The number of rotatable bonds is 0. The molecule has 2 aliphatic carbocycles. The van der Waals surface area contributed by atoms with Crippen molar-refractivity contribution in [2.24, 2.45) is 11.8 Å². The summed E-state index contributed by atoms with van der Waals surface area (Å²) in [6, 6.07) is 0. The highest BCUT2D eigenvalue weighted by atomic mass is 16.8. The van der Waals surface area contributed by atoms with E-state index in [1.54, 1.807) is 0 Å². The topological polar surface area (TPSA) is 35.5 Å². The Bertz CT molecular complexity index is 283. The molecule has 3 rings (SSSR count). The summed E-state index contributed by atoms with van der Waals surface area (Å²) in [6.07, 6.45) is 4.83. The van der Waals surface area contributed by atoms with E-state index in [-0.39, 0.29) is 11.7 Å². The minimum Gasteiger partial charge on any atom is -0.426 e. The van der Waals surface area contributed by atoms with Gasteiger partial charge in [-0.15, -0.1) is 0 Å². The van der Waals surface area contributed by atoms with Crippen LogP contribution < -0.4 is 0 Å². The molecule has 3 nitrogen and oxygen atoms in total. The van der Waals surface area contributed by atoms with E-state index >= 15 is 0 Å². The predicted molar refractivity (Wildman–Crippen MR) is 40.5 cm³/mol. The molecule has 3 heteroatoms. The lowest BCUT2D eigenvalue weighted by atomic mass is 9.88. The van der Waals surface area contributed by atoms with E-state index in [1.807, 2.05) is 6.92 Å². The molecular formula is C9H10O3. The van der Waals surface area contributed by atoms with Crippen LogP contribution in [0.3, 0.4) is 0 Å². The van der Waals surface area contributed by atoms with Crippen LogP contribution in [-0.4, -0.2) is 17.9 Å². The Hall–Kier alpha value is -0.990. The van der Waals surface area contributed by atoms with Crippen LogP contribution in [0.15, 0.2) is 12.2 Å². The molecule has 0 unspecified atom stereocenters. The van der Waals surface area contributed by atoms with Crippen LogP contribution in [0.25, 0.3) is 0 Å². The molecule has 4 atom stereocenters. The molecule has 1 heterocycles. The van der Waals surface area contributed by atoms with E-state index in [9.17, 15) is 4.79 Å². The van der Waals surface area contributed by atoms with Crippen LogP contribution in [0.5, 0.6) is 0 Å². The zero-order valence-corrected chi connectivity index (χ0v) is 6.82. The molecule has 0 amide bonds. The monoisotopic (exact) mass is 166 g/mol. The first-order valence-corrected chi connectivity index (χ1v) is 4.28. The molecule has 64 valence electrons. The van der Waals surface area contributed by atoms with Gasteiger partial charge in [0.05, 0.1) is 0 Å². The van der Waals surface area contributed by atoms with Crippen LogP contribution in [0.1, 0.15) is 13.3 Å². The van der Waals surface area contributed by atoms with Crippen molar-refractivity contribution >= 4 is 6.16 Å². The van der Waals surface area contributed by atoms with Gasteiger partial charge in [0.15, 0.2) is 11.7 Å². The summed E-state index contributed by atoms with van der Waals surface area (Å²) in [5.41, 5.74) is -0.365. The smallest absolute Gasteiger partial charge is 0.426 e. The largest absolute Gasteiger partial charge is 0.509 e.